The van der Waals surface area contributed by atoms with Crippen LogP contribution < -0.4 is 10.6 Å². The van der Waals surface area contributed by atoms with Crippen LogP contribution in [0.15, 0.2) is 35.3 Å². The maximum atomic E-state index is 11.9. The van der Waals surface area contributed by atoms with Gasteiger partial charge in [0.25, 0.3) is 0 Å². The first-order valence-corrected chi connectivity index (χ1v) is 8.91. The second kappa shape index (κ2) is 9.96. The average molecular weight is 330 g/mol. The third-order valence-corrected chi connectivity index (χ3v) is 4.52. The van der Waals surface area contributed by atoms with Crippen LogP contribution in [-0.4, -0.2) is 44.0 Å². The number of hydrogen-bond donors (Lipinski definition) is 2. The SMILES string of the molecule is CN=C(NCCNC(=O)CC1CCCC1)N(C)Cc1ccccc1. The fourth-order valence-electron chi connectivity index (χ4n) is 3.24. The number of rotatable bonds is 7. The van der Waals surface area contributed by atoms with Crippen molar-refractivity contribution in [1.29, 1.82) is 0 Å². The zero-order valence-electron chi connectivity index (χ0n) is 14.9. The number of aliphatic imine (C=N–C) groups is 1. The molecule has 1 aliphatic carbocycles. The maximum absolute atomic E-state index is 11.9. The molecule has 0 atom stereocenters. The third-order valence-electron chi connectivity index (χ3n) is 4.52. The summed E-state index contributed by atoms with van der Waals surface area (Å²) in [6.07, 6.45) is 5.67. The second-order valence-corrected chi connectivity index (χ2v) is 6.52. The molecule has 1 aromatic carbocycles. The summed E-state index contributed by atoms with van der Waals surface area (Å²) in [6, 6.07) is 10.3. The second-order valence-electron chi connectivity index (χ2n) is 6.52. The maximum Gasteiger partial charge on any atom is 0.220 e. The summed E-state index contributed by atoms with van der Waals surface area (Å²) >= 11 is 0. The van der Waals surface area contributed by atoms with Gasteiger partial charge in [-0.2, -0.15) is 0 Å². The third kappa shape index (κ3) is 6.22. The van der Waals surface area contributed by atoms with E-state index >= 15 is 0 Å². The topological polar surface area (TPSA) is 56.7 Å². The smallest absolute Gasteiger partial charge is 0.220 e. The van der Waals surface area contributed by atoms with Crippen LogP contribution in [0.25, 0.3) is 0 Å². The summed E-state index contributed by atoms with van der Waals surface area (Å²) in [5, 5.41) is 6.30. The predicted molar refractivity (Wildman–Crippen MR) is 98.9 cm³/mol. The highest BCUT2D eigenvalue weighted by atomic mass is 16.1. The van der Waals surface area contributed by atoms with Crippen LogP contribution in [-0.2, 0) is 11.3 Å². The molecule has 0 bridgehead atoms. The fourth-order valence-corrected chi connectivity index (χ4v) is 3.24. The van der Waals surface area contributed by atoms with Gasteiger partial charge < -0.3 is 15.5 Å². The minimum absolute atomic E-state index is 0.177. The lowest BCUT2D eigenvalue weighted by Gasteiger charge is -2.22. The van der Waals surface area contributed by atoms with Crippen LogP contribution in [0.4, 0.5) is 0 Å². The number of nitrogens with zero attached hydrogens (tertiary/aromatic N) is 2. The van der Waals surface area contributed by atoms with Crippen LogP contribution in [0.3, 0.4) is 0 Å². The molecule has 1 amide bonds. The van der Waals surface area contributed by atoms with E-state index in [0.717, 1.165) is 12.5 Å². The van der Waals surface area contributed by atoms with E-state index in [1.54, 1.807) is 7.05 Å². The monoisotopic (exact) mass is 330 g/mol. The number of nitrogens with one attached hydrogen (secondary N) is 2. The molecule has 0 aliphatic heterocycles. The molecule has 132 valence electrons. The van der Waals surface area contributed by atoms with Gasteiger partial charge in [0.1, 0.15) is 0 Å². The van der Waals surface area contributed by atoms with E-state index in [9.17, 15) is 4.79 Å². The van der Waals surface area contributed by atoms with E-state index in [4.69, 9.17) is 0 Å². The first-order valence-electron chi connectivity index (χ1n) is 8.91. The Morgan fingerprint density at radius 1 is 1.17 bits per heavy atom. The molecular weight excluding hydrogens is 300 g/mol. The Labute approximate surface area is 145 Å². The van der Waals surface area contributed by atoms with E-state index in [1.807, 2.05) is 25.2 Å². The molecule has 0 heterocycles. The van der Waals surface area contributed by atoms with Crippen molar-refractivity contribution >= 4 is 11.9 Å². The Bertz CT molecular complexity index is 523. The lowest BCUT2D eigenvalue weighted by molar-refractivity contribution is -0.121. The van der Waals surface area contributed by atoms with Crippen LogP contribution in [0.1, 0.15) is 37.7 Å². The van der Waals surface area contributed by atoms with Crippen molar-refractivity contribution in [2.24, 2.45) is 10.9 Å². The van der Waals surface area contributed by atoms with E-state index in [-0.39, 0.29) is 5.91 Å². The number of carbonyl (C=O) groups excluding carboxylic acids is 1. The van der Waals surface area contributed by atoms with Gasteiger partial charge in [-0.25, -0.2) is 0 Å². The number of amides is 1. The summed E-state index contributed by atoms with van der Waals surface area (Å²) < 4.78 is 0. The summed E-state index contributed by atoms with van der Waals surface area (Å²) in [5.41, 5.74) is 1.24. The van der Waals surface area contributed by atoms with Crippen molar-refractivity contribution in [2.45, 2.75) is 38.6 Å². The van der Waals surface area contributed by atoms with Crippen LogP contribution in [0.5, 0.6) is 0 Å². The Kier molecular flexibility index (Phi) is 7.59. The van der Waals surface area contributed by atoms with Gasteiger partial charge in [-0.05, 0) is 24.3 Å². The molecule has 2 N–H and O–H groups in total. The predicted octanol–water partition coefficient (Wildman–Crippen LogP) is 2.39. The van der Waals surface area contributed by atoms with Gasteiger partial charge in [0.05, 0.1) is 0 Å². The van der Waals surface area contributed by atoms with Gasteiger partial charge in [0.2, 0.25) is 5.91 Å². The van der Waals surface area contributed by atoms with E-state index in [1.165, 1.54) is 31.2 Å². The standard InChI is InChI=1S/C19H30N4O/c1-20-19(23(2)15-17-10-4-3-5-11-17)22-13-12-21-18(24)14-16-8-6-7-9-16/h3-5,10-11,16H,6-9,12-15H2,1-2H3,(H,20,22)(H,21,24). The molecule has 1 saturated carbocycles. The normalized spacial score (nSPS) is 15.3. The molecule has 5 heteroatoms. The zero-order chi connectivity index (χ0) is 17.2. The van der Waals surface area contributed by atoms with E-state index in [2.05, 4.69) is 32.7 Å². The lowest BCUT2D eigenvalue weighted by Crippen LogP contribution is -2.42. The van der Waals surface area contributed by atoms with Crippen molar-refractivity contribution in [3.05, 3.63) is 35.9 Å². The first kappa shape index (κ1) is 18.3. The van der Waals surface area contributed by atoms with Gasteiger partial charge in [0.15, 0.2) is 5.96 Å². The van der Waals surface area contributed by atoms with E-state index in [0.29, 0.717) is 25.4 Å². The summed E-state index contributed by atoms with van der Waals surface area (Å²) in [6.45, 7) is 2.11. The quantitative estimate of drug-likeness (QED) is 0.458. The molecule has 0 saturated heterocycles. The molecule has 5 nitrogen and oxygen atoms in total. The minimum Gasteiger partial charge on any atom is -0.354 e. The zero-order valence-corrected chi connectivity index (χ0v) is 14.9. The number of carbonyl (C=O) groups is 1. The van der Waals surface area contributed by atoms with Gasteiger partial charge in [-0.15, -0.1) is 0 Å². The molecular formula is C19H30N4O. The average Bonchev–Trinajstić information content (AvgIpc) is 3.08. The highest BCUT2D eigenvalue weighted by molar-refractivity contribution is 5.80. The number of benzene rings is 1. The van der Waals surface area contributed by atoms with Crippen LogP contribution >= 0.6 is 0 Å². The van der Waals surface area contributed by atoms with Crippen LogP contribution in [0.2, 0.25) is 0 Å². The number of guanidine groups is 1. The van der Waals surface area contributed by atoms with Crippen molar-refractivity contribution in [1.82, 2.24) is 15.5 Å². The van der Waals surface area contributed by atoms with Crippen molar-refractivity contribution < 1.29 is 4.79 Å². The largest absolute Gasteiger partial charge is 0.354 e. The molecule has 24 heavy (non-hydrogen) atoms. The molecule has 1 aliphatic rings. The van der Waals surface area contributed by atoms with Gasteiger partial charge in [0, 0.05) is 40.2 Å². The number of hydrogen-bond acceptors (Lipinski definition) is 2. The summed E-state index contributed by atoms with van der Waals surface area (Å²) in [4.78, 5) is 18.3. The van der Waals surface area contributed by atoms with Gasteiger partial charge >= 0.3 is 0 Å². The summed E-state index contributed by atoms with van der Waals surface area (Å²) in [7, 11) is 3.80. The molecule has 2 rings (SSSR count). The fraction of sp³-hybridized carbons (Fsp3) is 0.579. The van der Waals surface area contributed by atoms with E-state index < -0.39 is 0 Å². The summed E-state index contributed by atoms with van der Waals surface area (Å²) in [5.74, 6) is 1.61. The molecule has 0 aromatic heterocycles. The molecule has 1 aromatic rings. The Balaban J connectivity index is 1.64. The molecule has 0 radical (unpaired) electrons. The lowest BCUT2D eigenvalue weighted by atomic mass is 10.0. The Morgan fingerprint density at radius 2 is 1.83 bits per heavy atom. The highest BCUT2D eigenvalue weighted by Crippen LogP contribution is 2.27. The van der Waals surface area contributed by atoms with Crippen molar-refractivity contribution in [2.75, 3.05) is 27.2 Å². The molecule has 0 spiro atoms. The van der Waals surface area contributed by atoms with Crippen molar-refractivity contribution in [3.8, 4) is 0 Å². The first-order chi connectivity index (χ1) is 11.7. The van der Waals surface area contributed by atoms with Gasteiger partial charge in [-0.1, -0.05) is 43.2 Å². The Hall–Kier alpha value is -2.04. The highest BCUT2D eigenvalue weighted by Gasteiger charge is 2.18. The Morgan fingerprint density at radius 3 is 2.50 bits per heavy atom. The molecule has 1 fully saturated rings. The van der Waals surface area contributed by atoms with Crippen molar-refractivity contribution in [3.63, 3.8) is 0 Å². The van der Waals surface area contributed by atoms with Crippen LogP contribution in [0, 0.1) is 5.92 Å². The van der Waals surface area contributed by atoms with Gasteiger partial charge in [-0.3, -0.25) is 9.79 Å². The molecule has 0 unspecified atom stereocenters. The minimum atomic E-state index is 0.177.